The van der Waals surface area contributed by atoms with Crippen molar-refractivity contribution in [1.29, 1.82) is 0 Å². The first kappa shape index (κ1) is 15.0. The molecule has 1 heterocycles. The molecule has 0 aromatic heterocycles. The Labute approximate surface area is 120 Å². The zero-order valence-electron chi connectivity index (χ0n) is 11.9. The van der Waals surface area contributed by atoms with Gasteiger partial charge in [0.05, 0.1) is 19.1 Å². The lowest BCUT2D eigenvalue weighted by Gasteiger charge is -2.29. The van der Waals surface area contributed by atoms with Gasteiger partial charge in [-0.15, -0.1) is 0 Å². The molecule has 1 fully saturated rings. The third kappa shape index (κ3) is 3.58. The first-order valence-corrected chi connectivity index (χ1v) is 7.43. The molecule has 0 spiro atoms. The lowest BCUT2D eigenvalue weighted by molar-refractivity contribution is -0.133. The zero-order valence-corrected chi connectivity index (χ0v) is 11.9. The lowest BCUT2D eigenvalue weighted by atomic mass is 10.0. The van der Waals surface area contributed by atoms with Gasteiger partial charge in [-0.2, -0.15) is 0 Å². The molecule has 1 aliphatic rings. The highest BCUT2D eigenvalue weighted by Gasteiger charge is 2.25. The molecule has 0 radical (unpaired) electrons. The smallest absolute Gasteiger partial charge is 0.227 e. The van der Waals surface area contributed by atoms with Crippen molar-refractivity contribution in [2.45, 2.75) is 44.7 Å². The van der Waals surface area contributed by atoms with E-state index in [1.54, 1.807) is 0 Å². The second-order valence-corrected chi connectivity index (χ2v) is 5.42. The average Bonchev–Trinajstić information content (AvgIpc) is 2.73. The second-order valence-electron chi connectivity index (χ2n) is 5.42. The first-order valence-electron chi connectivity index (χ1n) is 7.43. The fraction of sp³-hybridized carbons (Fsp3) is 0.562. The predicted octanol–water partition coefficient (Wildman–Crippen LogP) is 1.45. The number of nitrogens with zero attached hydrogens (tertiary/aromatic N) is 1. The van der Waals surface area contributed by atoms with Crippen LogP contribution >= 0.6 is 0 Å². The number of nitrogens with two attached hydrogens (primary N) is 1. The van der Waals surface area contributed by atoms with E-state index in [4.69, 9.17) is 5.73 Å². The molecule has 110 valence electrons. The number of carbonyl (C=O) groups excluding carboxylic acids is 1. The number of amides is 1. The van der Waals surface area contributed by atoms with Gasteiger partial charge in [-0.25, -0.2) is 0 Å². The zero-order chi connectivity index (χ0) is 14.4. The van der Waals surface area contributed by atoms with Gasteiger partial charge in [0.25, 0.3) is 0 Å². The van der Waals surface area contributed by atoms with Crippen molar-refractivity contribution in [3.63, 3.8) is 0 Å². The fourth-order valence-electron chi connectivity index (χ4n) is 2.89. The number of rotatable bonds is 4. The molecule has 20 heavy (non-hydrogen) atoms. The monoisotopic (exact) mass is 276 g/mol. The van der Waals surface area contributed by atoms with Crippen molar-refractivity contribution in [2.24, 2.45) is 5.73 Å². The molecule has 1 amide bonds. The predicted molar refractivity (Wildman–Crippen MR) is 79.1 cm³/mol. The summed E-state index contributed by atoms with van der Waals surface area (Å²) in [4.78, 5) is 14.4. The topological polar surface area (TPSA) is 66.6 Å². The third-order valence-corrected chi connectivity index (χ3v) is 4.09. The number of aliphatic hydroxyl groups is 1. The Balaban J connectivity index is 2.09. The van der Waals surface area contributed by atoms with E-state index in [1.165, 1.54) is 0 Å². The summed E-state index contributed by atoms with van der Waals surface area (Å²) in [5, 5.41) is 9.49. The summed E-state index contributed by atoms with van der Waals surface area (Å²) in [6.07, 6.45) is 4.54. The number of hydrogen-bond acceptors (Lipinski definition) is 3. The minimum absolute atomic E-state index is 0.0185. The Morgan fingerprint density at radius 2 is 2.00 bits per heavy atom. The van der Waals surface area contributed by atoms with Crippen LogP contribution < -0.4 is 5.73 Å². The number of benzene rings is 1. The van der Waals surface area contributed by atoms with E-state index in [-0.39, 0.29) is 18.6 Å². The molecular weight excluding hydrogens is 252 g/mol. The molecule has 1 aromatic carbocycles. The molecule has 1 aromatic rings. The number of aliphatic hydroxyl groups excluding tert-OH is 1. The van der Waals surface area contributed by atoms with E-state index in [9.17, 15) is 9.90 Å². The maximum absolute atomic E-state index is 12.5. The van der Waals surface area contributed by atoms with Crippen molar-refractivity contribution in [3.05, 3.63) is 35.4 Å². The molecule has 1 atom stereocenters. The summed E-state index contributed by atoms with van der Waals surface area (Å²) in [6.45, 7) is 1.27. The largest absolute Gasteiger partial charge is 0.394 e. The minimum atomic E-state index is -0.0185. The Bertz CT molecular complexity index is 448. The van der Waals surface area contributed by atoms with Gasteiger partial charge in [0.15, 0.2) is 0 Å². The highest BCUT2D eigenvalue weighted by Crippen LogP contribution is 2.18. The molecule has 1 aliphatic heterocycles. The number of likely N-dealkylation sites (tertiary alicyclic amines) is 1. The van der Waals surface area contributed by atoms with Crippen molar-refractivity contribution in [3.8, 4) is 0 Å². The van der Waals surface area contributed by atoms with Crippen molar-refractivity contribution >= 4 is 5.91 Å². The summed E-state index contributed by atoms with van der Waals surface area (Å²) in [7, 11) is 0. The van der Waals surface area contributed by atoms with Gasteiger partial charge in [-0.3, -0.25) is 4.79 Å². The summed E-state index contributed by atoms with van der Waals surface area (Å²) >= 11 is 0. The fourth-order valence-corrected chi connectivity index (χ4v) is 2.89. The molecule has 1 saturated heterocycles. The van der Waals surface area contributed by atoms with Crippen LogP contribution in [0.25, 0.3) is 0 Å². The van der Waals surface area contributed by atoms with Gasteiger partial charge in [-0.1, -0.05) is 37.1 Å². The quantitative estimate of drug-likeness (QED) is 0.874. The Kier molecular flexibility index (Phi) is 5.56. The van der Waals surface area contributed by atoms with Crippen molar-refractivity contribution in [2.75, 3.05) is 13.2 Å². The van der Waals surface area contributed by atoms with Gasteiger partial charge in [0, 0.05) is 13.1 Å². The third-order valence-electron chi connectivity index (χ3n) is 4.09. The van der Waals surface area contributed by atoms with Crippen molar-refractivity contribution < 1.29 is 9.90 Å². The van der Waals surface area contributed by atoms with Crippen LogP contribution in [0.2, 0.25) is 0 Å². The molecule has 4 nitrogen and oxygen atoms in total. The molecule has 0 bridgehead atoms. The Morgan fingerprint density at radius 3 is 2.70 bits per heavy atom. The van der Waals surface area contributed by atoms with Gasteiger partial charge < -0.3 is 15.7 Å². The SMILES string of the molecule is NCc1ccccc1CC(=O)N1CCCCCC1CO. The van der Waals surface area contributed by atoms with E-state index < -0.39 is 0 Å². The standard InChI is InChI=1S/C16H24N2O2/c17-11-14-7-4-3-6-13(14)10-16(20)18-9-5-1-2-8-15(18)12-19/h3-4,6-7,15,19H,1-2,5,8-12,17H2. The minimum Gasteiger partial charge on any atom is -0.394 e. The van der Waals surface area contributed by atoms with E-state index in [0.29, 0.717) is 13.0 Å². The summed E-state index contributed by atoms with van der Waals surface area (Å²) in [5.41, 5.74) is 7.74. The molecular formula is C16H24N2O2. The molecule has 0 aliphatic carbocycles. The van der Waals surface area contributed by atoms with Crippen LogP contribution in [0, 0.1) is 0 Å². The summed E-state index contributed by atoms with van der Waals surface area (Å²) < 4.78 is 0. The van der Waals surface area contributed by atoms with Crippen LogP contribution in [-0.4, -0.2) is 35.1 Å². The van der Waals surface area contributed by atoms with Gasteiger partial charge in [0.2, 0.25) is 5.91 Å². The van der Waals surface area contributed by atoms with E-state index >= 15 is 0 Å². The number of hydrogen-bond donors (Lipinski definition) is 2. The average molecular weight is 276 g/mol. The summed E-state index contributed by atoms with van der Waals surface area (Å²) in [5.74, 6) is 0.104. The van der Waals surface area contributed by atoms with Crippen molar-refractivity contribution in [1.82, 2.24) is 4.90 Å². The normalized spacial score (nSPS) is 19.7. The van der Waals surface area contributed by atoms with Crippen LogP contribution in [-0.2, 0) is 17.8 Å². The van der Waals surface area contributed by atoms with Gasteiger partial charge in [0.1, 0.15) is 0 Å². The Hall–Kier alpha value is -1.39. The molecule has 0 saturated carbocycles. The second kappa shape index (κ2) is 7.41. The maximum Gasteiger partial charge on any atom is 0.227 e. The van der Waals surface area contributed by atoms with E-state index in [0.717, 1.165) is 43.4 Å². The van der Waals surface area contributed by atoms with E-state index in [2.05, 4.69) is 0 Å². The summed E-state index contributed by atoms with van der Waals surface area (Å²) in [6, 6.07) is 7.79. The highest BCUT2D eigenvalue weighted by atomic mass is 16.3. The van der Waals surface area contributed by atoms with Crippen LogP contribution in [0.15, 0.2) is 24.3 Å². The van der Waals surface area contributed by atoms with Gasteiger partial charge in [-0.05, 0) is 24.0 Å². The number of carbonyl (C=O) groups is 1. The highest BCUT2D eigenvalue weighted by molar-refractivity contribution is 5.79. The Morgan fingerprint density at radius 1 is 1.25 bits per heavy atom. The first-order chi connectivity index (χ1) is 9.76. The van der Waals surface area contributed by atoms with Crippen LogP contribution in [0.4, 0.5) is 0 Å². The van der Waals surface area contributed by atoms with Crippen LogP contribution in [0.1, 0.15) is 36.8 Å². The van der Waals surface area contributed by atoms with E-state index in [1.807, 2.05) is 29.2 Å². The molecule has 3 N–H and O–H groups in total. The van der Waals surface area contributed by atoms with Crippen LogP contribution in [0.3, 0.4) is 0 Å². The van der Waals surface area contributed by atoms with Gasteiger partial charge >= 0.3 is 0 Å². The lowest BCUT2D eigenvalue weighted by Crippen LogP contribution is -2.43. The van der Waals surface area contributed by atoms with Crippen LogP contribution in [0.5, 0.6) is 0 Å². The molecule has 4 heteroatoms. The molecule has 2 rings (SSSR count). The molecule has 1 unspecified atom stereocenters. The maximum atomic E-state index is 12.5.